The van der Waals surface area contributed by atoms with Crippen molar-refractivity contribution in [3.05, 3.63) is 205 Å². The molecule has 0 saturated heterocycles. The molecule has 0 radical (unpaired) electrons. The molecule has 1 heterocycles. The van der Waals surface area contributed by atoms with E-state index in [0.717, 1.165) is 29.2 Å². The van der Waals surface area contributed by atoms with E-state index in [0.29, 0.717) is 0 Å². The van der Waals surface area contributed by atoms with E-state index in [1.165, 1.54) is 66.3 Å². The molecule has 9 aromatic rings. The summed E-state index contributed by atoms with van der Waals surface area (Å²) in [6.07, 6.45) is 0.991. The first kappa shape index (κ1) is 29.3. The van der Waals surface area contributed by atoms with Crippen LogP contribution in [0.2, 0.25) is 0 Å². The highest BCUT2D eigenvalue weighted by molar-refractivity contribution is 6.11. The summed E-state index contributed by atoms with van der Waals surface area (Å²) in [6, 6.07) is 70.6. The lowest BCUT2D eigenvalue weighted by Crippen LogP contribution is -2.11. The van der Waals surface area contributed by atoms with Gasteiger partial charge in [0, 0.05) is 33.4 Å². The van der Waals surface area contributed by atoms with Gasteiger partial charge in [0.05, 0.1) is 16.7 Å². The number of fused-ring (bicyclic) bond motifs is 6. The normalized spacial score (nSPS) is 11.8. The lowest BCUT2D eigenvalue weighted by atomic mass is 9.98. The number of benzene rings is 8. The molecule has 1 aromatic heterocycles. The van der Waals surface area contributed by atoms with Crippen LogP contribution < -0.4 is 4.90 Å². The number of aromatic nitrogens is 1. The standard InChI is InChI=1S/C49H34N2/c1-3-13-35(14-4-1)44-19-9-11-21-47(44)50(40-26-23-34(24-27-40)36-25-29-43-38(31-36)32-37-15-7-8-18-42(37)43)41-28-30-49-46(33-41)45-20-10-12-22-48(45)51(49)39-16-5-2-6-17-39/h1-31,33H,32H2. The minimum Gasteiger partial charge on any atom is -0.310 e. The molecule has 0 spiro atoms. The minimum atomic E-state index is 0.991. The zero-order valence-corrected chi connectivity index (χ0v) is 28.1. The van der Waals surface area contributed by atoms with Gasteiger partial charge >= 0.3 is 0 Å². The van der Waals surface area contributed by atoms with Gasteiger partial charge in [-0.3, -0.25) is 0 Å². The van der Waals surface area contributed by atoms with Gasteiger partial charge in [0.2, 0.25) is 0 Å². The first-order valence-corrected chi connectivity index (χ1v) is 17.6. The molecule has 0 bridgehead atoms. The van der Waals surface area contributed by atoms with Crippen LogP contribution in [-0.4, -0.2) is 4.57 Å². The van der Waals surface area contributed by atoms with Crippen molar-refractivity contribution in [3.63, 3.8) is 0 Å². The van der Waals surface area contributed by atoms with Crippen LogP contribution in [0.5, 0.6) is 0 Å². The van der Waals surface area contributed by atoms with Crippen LogP contribution in [0.25, 0.3) is 60.9 Å². The number of nitrogens with zero attached hydrogens (tertiary/aromatic N) is 2. The molecule has 8 aromatic carbocycles. The molecular formula is C49H34N2. The lowest BCUT2D eigenvalue weighted by Gasteiger charge is -2.28. The number of rotatable bonds is 6. The third-order valence-electron chi connectivity index (χ3n) is 10.4. The summed E-state index contributed by atoms with van der Waals surface area (Å²) in [5.41, 5.74) is 17.3. The van der Waals surface area contributed by atoms with E-state index in [2.05, 4.69) is 204 Å². The highest BCUT2D eigenvalue weighted by atomic mass is 15.1. The summed E-state index contributed by atoms with van der Waals surface area (Å²) >= 11 is 0. The first-order valence-electron chi connectivity index (χ1n) is 17.6. The quantitative estimate of drug-likeness (QED) is 0.174. The van der Waals surface area contributed by atoms with E-state index in [4.69, 9.17) is 0 Å². The second-order valence-electron chi connectivity index (χ2n) is 13.4. The van der Waals surface area contributed by atoms with Crippen molar-refractivity contribution >= 4 is 38.9 Å². The van der Waals surface area contributed by atoms with Crippen LogP contribution >= 0.6 is 0 Å². The monoisotopic (exact) mass is 650 g/mol. The van der Waals surface area contributed by atoms with Crippen LogP contribution in [-0.2, 0) is 6.42 Å². The third kappa shape index (κ3) is 4.95. The fraction of sp³-hybridized carbons (Fsp3) is 0.0204. The highest BCUT2D eigenvalue weighted by Gasteiger charge is 2.21. The Labute approximate surface area is 298 Å². The molecule has 0 aliphatic heterocycles. The van der Waals surface area contributed by atoms with E-state index in [9.17, 15) is 0 Å². The van der Waals surface area contributed by atoms with Crippen LogP contribution in [0.3, 0.4) is 0 Å². The summed E-state index contributed by atoms with van der Waals surface area (Å²) in [6.45, 7) is 0. The molecule has 0 saturated carbocycles. The van der Waals surface area contributed by atoms with Gasteiger partial charge in [0.1, 0.15) is 0 Å². The number of hydrogen-bond donors (Lipinski definition) is 0. The first-order chi connectivity index (χ1) is 25.3. The van der Waals surface area contributed by atoms with Crippen molar-refractivity contribution in [3.8, 4) is 39.1 Å². The number of anilines is 3. The van der Waals surface area contributed by atoms with E-state index in [1.807, 2.05) is 0 Å². The fourth-order valence-electron chi connectivity index (χ4n) is 8.04. The maximum Gasteiger partial charge on any atom is 0.0542 e. The zero-order valence-electron chi connectivity index (χ0n) is 28.1. The predicted octanol–water partition coefficient (Wildman–Crippen LogP) is 13.2. The molecule has 10 rings (SSSR count). The Morgan fingerprint density at radius 2 is 1.00 bits per heavy atom. The Kier molecular flexibility index (Phi) is 6.92. The highest BCUT2D eigenvalue weighted by Crippen LogP contribution is 2.44. The SMILES string of the molecule is c1ccc(-c2ccccc2N(c2ccc(-c3ccc4c(c3)Cc3ccccc3-4)cc2)c2ccc3c(c2)c2ccccc2n3-c2ccccc2)cc1. The molecule has 0 fully saturated rings. The average molecular weight is 651 g/mol. The summed E-state index contributed by atoms with van der Waals surface area (Å²) < 4.78 is 2.38. The molecule has 0 amide bonds. The molecule has 240 valence electrons. The smallest absolute Gasteiger partial charge is 0.0542 e. The van der Waals surface area contributed by atoms with Crippen LogP contribution in [0.15, 0.2) is 194 Å². The van der Waals surface area contributed by atoms with Gasteiger partial charge in [-0.1, -0.05) is 140 Å². The topological polar surface area (TPSA) is 8.17 Å². The second-order valence-corrected chi connectivity index (χ2v) is 13.4. The Morgan fingerprint density at radius 3 is 1.84 bits per heavy atom. The van der Waals surface area contributed by atoms with E-state index < -0.39 is 0 Å². The summed E-state index contributed by atoms with van der Waals surface area (Å²) in [4.78, 5) is 2.42. The largest absolute Gasteiger partial charge is 0.310 e. The maximum atomic E-state index is 2.42. The average Bonchev–Trinajstić information content (AvgIpc) is 3.74. The molecule has 0 N–H and O–H groups in total. The summed E-state index contributed by atoms with van der Waals surface area (Å²) in [5.74, 6) is 0. The van der Waals surface area contributed by atoms with Crippen molar-refractivity contribution in [2.45, 2.75) is 6.42 Å². The van der Waals surface area contributed by atoms with Gasteiger partial charge in [-0.15, -0.1) is 0 Å². The van der Waals surface area contributed by atoms with Gasteiger partial charge in [-0.25, -0.2) is 0 Å². The van der Waals surface area contributed by atoms with Gasteiger partial charge < -0.3 is 9.47 Å². The fourth-order valence-corrected chi connectivity index (χ4v) is 8.04. The molecule has 1 aliphatic carbocycles. The van der Waals surface area contributed by atoms with E-state index in [-0.39, 0.29) is 0 Å². The van der Waals surface area contributed by atoms with Gasteiger partial charge in [0.15, 0.2) is 0 Å². The van der Waals surface area contributed by atoms with Gasteiger partial charge in [-0.05, 0) is 100.0 Å². The molecule has 51 heavy (non-hydrogen) atoms. The van der Waals surface area contributed by atoms with Crippen LogP contribution in [0.4, 0.5) is 17.1 Å². The Hall–Kier alpha value is -6.64. The van der Waals surface area contributed by atoms with Crippen molar-refractivity contribution in [1.29, 1.82) is 0 Å². The van der Waals surface area contributed by atoms with Crippen molar-refractivity contribution in [1.82, 2.24) is 4.57 Å². The summed E-state index contributed by atoms with van der Waals surface area (Å²) in [7, 11) is 0. The van der Waals surface area contributed by atoms with Crippen molar-refractivity contribution in [2.24, 2.45) is 0 Å². The maximum absolute atomic E-state index is 2.42. The molecule has 0 unspecified atom stereocenters. The number of hydrogen-bond acceptors (Lipinski definition) is 1. The molecule has 2 nitrogen and oxygen atoms in total. The number of para-hydroxylation sites is 3. The van der Waals surface area contributed by atoms with Crippen molar-refractivity contribution < 1.29 is 0 Å². The molecular weight excluding hydrogens is 617 g/mol. The molecule has 0 atom stereocenters. The van der Waals surface area contributed by atoms with Gasteiger partial charge in [0.25, 0.3) is 0 Å². The van der Waals surface area contributed by atoms with Crippen LogP contribution in [0, 0.1) is 0 Å². The van der Waals surface area contributed by atoms with Crippen LogP contribution in [0.1, 0.15) is 11.1 Å². The Morgan fingerprint density at radius 1 is 0.373 bits per heavy atom. The zero-order chi connectivity index (χ0) is 33.7. The van der Waals surface area contributed by atoms with Gasteiger partial charge in [-0.2, -0.15) is 0 Å². The molecule has 1 aliphatic rings. The lowest BCUT2D eigenvalue weighted by molar-refractivity contribution is 1.18. The summed E-state index contributed by atoms with van der Waals surface area (Å²) in [5, 5.41) is 2.47. The Balaban J connectivity index is 1.12. The third-order valence-corrected chi connectivity index (χ3v) is 10.4. The Bertz CT molecular complexity index is 2700. The van der Waals surface area contributed by atoms with E-state index >= 15 is 0 Å². The molecule has 2 heteroatoms. The van der Waals surface area contributed by atoms with E-state index in [1.54, 1.807) is 0 Å². The second kappa shape index (κ2) is 12.0. The minimum absolute atomic E-state index is 0.991. The predicted molar refractivity (Wildman–Crippen MR) is 215 cm³/mol. The van der Waals surface area contributed by atoms with Crippen molar-refractivity contribution in [2.75, 3.05) is 4.90 Å².